The van der Waals surface area contributed by atoms with Gasteiger partial charge in [-0.15, -0.1) is 0 Å². The fourth-order valence-corrected chi connectivity index (χ4v) is 1.37. The Kier molecular flexibility index (Phi) is 2.54. The molecule has 58 valence electrons. The molecule has 1 aromatic rings. The lowest BCUT2D eigenvalue weighted by atomic mass is 10.2. The first-order chi connectivity index (χ1) is 5.18. The predicted molar refractivity (Wildman–Crippen MR) is 45.1 cm³/mol. The molecular formula is C8H8O2S. The zero-order valence-corrected chi connectivity index (χ0v) is 6.89. The van der Waals surface area contributed by atoms with Crippen molar-refractivity contribution < 1.29 is 9.90 Å². The van der Waals surface area contributed by atoms with Gasteiger partial charge >= 0.3 is 5.30 Å². The van der Waals surface area contributed by atoms with Gasteiger partial charge in [0.25, 0.3) is 0 Å². The molecule has 0 aliphatic carbocycles. The number of rotatable bonds is 1. The Balaban J connectivity index is 2.79. The van der Waals surface area contributed by atoms with Crippen molar-refractivity contribution in [2.24, 2.45) is 0 Å². The molecular weight excluding hydrogens is 160 g/mol. The van der Waals surface area contributed by atoms with Gasteiger partial charge in [0.2, 0.25) is 0 Å². The van der Waals surface area contributed by atoms with E-state index in [2.05, 4.69) is 0 Å². The standard InChI is InChI=1S/C8H8O2S/c1-6-3-2-4-7(5-6)11-8(9)10/h2-5H,1H3,(H,9,10). The summed E-state index contributed by atoms with van der Waals surface area (Å²) >= 11 is 0.829. The van der Waals surface area contributed by atoms with Gasteiger partial charge in [-0.05, 0) is 30.8 Å². The first-order valence-corrected chi connectivity index (χ1v) is 3.97. The lowest BCUT2D eigenvalue weighted by Gasteiger charge is -1.95. The highest BCUT2D eigenvalue weighted by molar-refractivity contribution is 8.13. The molecule has 0 atom stereocenters. The number of hydrogen-bond donors (Lipinski definition) is 1. The number of carboxylic acid groups (broad SMARTS) is 1. The van der Waals surface area contributed by atoms with Gasteiger partial charge in [-0.2, -0.15) is 0 Å². The molecule has 1 N–H and O–H groups in total. The summed E-state index contributed by atoms with van der Waals surface area (Å²) in [6.07, 6.45) is 0. The molecule has 0 saturated heterocycles. The number of thioether (sulfide) groups is 1. The zero-order valence-electron chi connectivity index (χ0n) is 6.07. The van der Waals surface area contributed by atoms with Gasteiger partial charge in [0, 0.05) is 4.90 Å². The molecule has 0 aromatic heterocycles. The molecule has 1 rings (SSSR count). The highest BCUT2D eigenvalue weighted by atomic mass is 32.2. The summed E-state index contributed by atoms with van der Waals surface area (Å²) in [6, 6.07) is 7.41. The summed E-state index contributed by atoms with van der Waals surface area (Å²) in [6.45, 7) is 1.94. The van der Waals surface area contributed by atoms with Crippen LogP contribution in [0.2, 0.25) is 0 Å². The second-order valence-electron chi connectivity index (χ2n) is 2.18. The number of carbonyl (C=O) groups is 1. The normalized spacial score (nSPS) is 9.55. The Bertz CT molecular complexity index is 271. The van der Waals surface area contributed by atoms with Gasteiger partial charge in [-0.3, -0.25) is 0 Å². The summed E-state index contributed by atoms with van der Waals surface area (Å²) in [5.41, 5.74) is 1.08. The molecule has 0 heterocycles. The minimum Gasteiger partial charge on any atom is -0.473 e. The maximum Gasteiger partial charge on any atom is 0.369 e. The van der Waals surface area contributed by atoms with Crippen LogP contribution in [0.15, 0.2) is 29.2 Å². The molecule has 0 bridgehead atoms. The summed E-state index contributed by atoms with van der Waals surface area (Å²) in [5.74, 6) is 0. The highest BCUT2D eigenvalue weighted by Gasteiger charge is 1.99. The van der Waals surface area contributed by atoms with Gasteiger partial charge in [0.05, 0.1) is 0 Å². The fraction of sp³-hybridized carbons (Fsp3) is 0.125. The first-order valence-electron chi connectivity index (χ1n) is 3.16. The minimum absolute atomic E-state index is 0.775. The summed E-state index contributed by atoms with van der Waals surface area (Å²) in [7, 11) is 0. The van der Waals surface area contributed by atoms with E-state index in [4.69, 9.17) is 5.11 Å². The van der Waals surface area contributed by atoms with Crippen molar-refractivity contribution in [1.82, 2.24) is 0 Å². The van der Waals surface area contributed by atoms with Crippen molar-refractivity contribution in [2.45, 2.75) is 11.8 Å². The Labute approximate surface area is 69.2 Å². The SMILES string of the molecule is Cc1cccc(SC(=O)O)c1. The van der Waals surface area contributed by atoms with Crippen molar-refractivity contribution in [2.75, 3.05) is 0 Å². The lowest BCUT2D eigenvalue weighted by Crippen LogP contribution is -1.82. The van der Waals surface area contributed by atoms with E-state index in [0.29, 0.717) is 0 Å². The molecule has 11 heavy (non-hydrogen) atoms. The van der Waals surface area contributed by atoms with Gasteiger partial charge in [-0.1, -0.05) is 17.7 Å². The second kappa shape index (κ2) is 3.44. The predicted octanol–water partition coefficient (Wildman–Crippen LogP) is 2.77. The van der Waals surface area contributed by atoms with Crippen molar-refractivity contribution in [1.29, 1.82) is 0 Å². The van der Waals surface area contributed by atoms with Crippen LogP contribution in [0.1, 0.15) is 5.56 Å². The molecule has 0 spiro atoms. The second-order valence-corrected chi connectivity index (χ2v) is 3.21. The molecule has 0 aliphatic rings. The topological polar surface area (TPSA) is 37.3 Å². The molecule has 0 radical (unpaired) electrons. The molecule has 1 aromatic carbocycles. The van der Waals surface area contributed by atoms with Gasteiger partial charge in [-0.25, -0.2) is 4.79 Å². The molecule has 3 heteroatoms. The maximum atomic E-state index is 10.2. The van der Waals surface area contributed by atoms with Crippen LogP contribution in [-0.2, 0) is 0 Å². The van der Waals surface area contributed by atoms with Crippen LogP contribution in [0.25, 0.3) is 0 Å². The van der Waals surface area contributed by atoms with E-state index in [1.54, 1.807) is 6.07 Å². The van der Waals surface area contributed by atoms with Gasteiger partial charge in [0.1, 0.15) is 0 Å². The molecule has 0 saturated carbocycles. The van der Waals surface area contributed by atoms with E-state index < -0.39 is 5.30 Å². The molecule has 0 fully saturated rings. The minimum atomic E-state index is -0.865. The molecule has 2 nitrogen and oxygen atoms in total. The third kappa shape index (κ3) is 2.63. The van der Waals surface area contributed by atoms with Gasteiger partial charge in [0.15, 0.2) is 0 Å². The average Bonchev–Trinajstić information content (AvgIpc) is 1.85. The van der Waals surface area contributed by atoms with E-state index >= 15 is 0 Å². The molecule has 0 unspecified atom stereocenters. The lowest BCUT2D eigenvalue weighted by molar-refractivity contribution is 0.222. The first kappa shape index (κ1) is 8.14. The molecule has 0 aliphatic heterocycles. The number of benzene rings is 1. The Morgan fingerprint density at radius 3 is 2.82 bits per heavy atom. The number of hydrogen-bond acceptors (Lipinski definition) is 2. The van der Waals surface area contributed by atoms with Crippen molar-refractivity contribution in [3.8, 4) is 0 Å². The van der Waals surface area contributed by atoms with Crippen molar-refractivity contribution >= 4 is 17.1 Å². The van der Waals surface area contributed by atoms with Crippen LogP contribution in [0.3, 0.4) is 0 Å². The van der Waals surface area contributed by atoms with Crippen LogP contribution in [-0.4, -0.2) is 10.4 Å². The average molecular weight is 168 g/mol. The fourth-order valence-electron chi connectivity index (χ4n) is 0.780. The van der Waals surface area contributed by atoms with Crippen molar-refractivity contribution in [3.63, 3.8) is 0 Å². The highest BCUT2D eigenvalue weighted by Crippen LogP contribution is 2.18. The van der Waals surface area contributed by atoms with E-state index in [1.165, 1.54) is 0 Å². The molecule has 0 amide bonds. The van der Waals surface area contributed by atoms with Crippen molar-refractivity contribution in [3.05, 3.63) is 29.8 Å². The van der Waals surface area contributed by atoms with Crippen LogP contribution in [0.5, 0.6) is 0 Å². The third-order valence-electron chi connectivity index (χ3n) is 1.19. The van der Waals surface area contributed by atoms with E-state index in [1.807, 2.05) is 25.1 Å². The monoisotopic (exact) mass is 168 g/mol. The largest absolute Gasteiger partial charge is 0.473 e. The third-order valence-corrected chi connectivity index (χ3v) is 1.86. The zero-order chi connectivity index (χ0) is 8.27. The Hall–Kier alpha value is -0.960. The number of aryl methyl sites for hydroxylation is 1. The van der Waals surface area contributed by atoms with Crippen LogP contribution in [0, 0.1) is 6.92 Å². The van der Waals surface area contributed by atoms with E-state index in [0.717, 1.165) is 22.2 Å². The van der Waals surface area contributed by atoms with Crippen LogP contribution in [0.4, 0.5) is 4.79 Å². The summed E-state index contributed by atoms with van der Waals surface area (Å²) in [5, 5.41) is 7.56. The maximum absolute atomic E-state index is 10.2. The van der Waals surface area contributed by atoms with E-state index in [9.17, 15) is 4.79 Å². The quantitative estimate of drug-likeness (QED) is 0.655. The summed E-state index contributed by atoms with van der Waals surface area (Å²) in [4.78, 5) is 11.0. The van der Waals surface area contributed by atoms with E-state index in [-0.39, 0.29) is 0 Å². The van der Waals surface area contributed by atoms with Crippen LogP contribution >= 0.6 is 11.8 Å². The smallest absolute Gasteiger partial charge is 0.369 e. The Morgan fingerprint density at radius 1 is 1.55 bits per heavy atom. The van der Waals surface area contributed by atoms with Gasteiger partial charge < -0.3 is 5.11 Å². The Morgan fingerprint density at radius 2 is 2.27 bits per heavy atom. The van der Waals surface area contributed by atoms with Crippen LogP contribution < -0.4 is 0 Å². The summed E-state index contributed by atoms with van der Waals surface area (Å²) < 4.78 is 0.